The van der Waals surface area contributed by atoms with Crippen molar-refractivity contribution in [1.82, 2.24) is 9.71 Å². The zero-order chi connectivity index (χ0) is 19.3. The highest BCUT2D eigenvalue weighted by atomic mass is 32.2. The van der Waals surface area contributed by atoms with Crippen LogP contribution in [-0.4, -0.2) is 19.3 Å². The highest BCUT2D eigenvalue weighted by Gasteiger charge is 2.23. The van der Waals surface area contributed by atoms with Gasteiger partial charge in [0.15, 0.2) is 0 Å². The topological polar surface area (TPSA) is 88.2 Å². The molecule has 0 unspecified atom stereocenters. The van der Waals surface area contributed by atoms with Crippen molar-refractivity contribution >= 4 is 21.6 Å². The maximum Gasteiger partial charge on any atom is 0.241 e. The number of benzene rings is 2. The van der Waals surface area contributed by atoms with Crippen LogP contribution in [0.4, 0.5) is 5.69 Å². The van der Waals surface area contributed by atoms with Gasteiger partial charge in [0, 0.05) is 18.8 Å². The summed E-state index contributed by atoms with van der Waals surface area (Å²) in [7, 11) is -3.80. The Balaban J connectivity index is 1.92. The first-order valence-corrected chi connectivity index (χ1v) is 9.80. The lowest BCUT2D eigenvalue weighted by molar-refractivity contribution is -0.114. The fourth-order valence-corrected chi connectivity index (χ4v) is 3.83. The Bertz CT molecular complexity index is 966. The summed E-state index contributed by atoms with van der Waals surface area (Å²) in [6.07, 6.45) is 1.63. The molecule has 0 radical (unpaired) electrons. The first kappa shape index (κ1) is 18.8. The van der Waals surface area contributed by atoms with E-state index in [1.165, 1.54) is 19.1 Å². The Morgan fingerprint density at radius 3 is 2.19 bits per heavy atom. The first-order valence-electron chi connectivity index (χ1n) is 8.31. The van der Waals surface area contributed by atoms with E-state index in [0.29, 0.717) is 11.4 Å². The van der Waals surface area contributed by atoms with Crippen molar-refractivity contribution in [2.75, 3.05) is 5.32 Å². The minimum atomic E-state index is -3.80. The normalized spacial score (nSPS) is 12.3. The van der Waals surface area contributed by atoms with Crippen molar-refractivity contribution in [3.05, 3.63) is 90.3 Å². The Morgan fingerprint density at radius 2 is 1.59 bits per heavy atom. The van der Waals surface area contributed by atoms with Gasteiger partial charge in [0.25, 0.3) is 0 Å². The van der Waals surface area contributed by atoms with Crippen LogP contribution in [0.2, 0.25) is 0 Å². The van der Waals surface area contributed by atoms with Gasteiger partial charge in [-0.3, -0.25) is 9.78 Å². The van der Waals surface area contributed by atoms with E-state index in [-0.39, 0.29) is 10.8 Å². The number of hydrogen-bond donors (Lipinski definition) is 2. The number of sulfonamides is 1. The van der Waals surface area contributed by atoms with Crippen LogP contribution in [0, 0.1) is 0 Å². The minimum absolute atomic E-state index is 0.105. The van der Waals surface area contributed by atoms with Crippen molar-refractivity contribution < 1.29 is 13.2 Å². The van der Waals surface area contributed by atoms with Crippen LogP contribution < -0.4 is 10.0 Å². The number of aromatic nitrogens is 1. The third-order valence-corrected chi connectivity index (χ3v) is 5.31. The Kier molecular flexibility index (Phi) is 5.63. The summed E-state index contributed by atoms with van der Waals surface area (Å²) >= 11 is 0. The minimum Gasteiger partial charge on any atom is -0.326 e. The molecule has 1 aromatic heterocycles. The predicted molar refractivity (Wildman–Crippen MR) is 104 cm³/mol. The van der Waals surface area contributed by atoms with E-state index < -0.39 is 16.1 Å². The average molecular weight is 381 g/mol. The van der Waals surface area contributed by atoms with Crippen molar-refractivity contribution in [1.29, 1.82) is 0 Å². The second kappa shape index (κ2) is 8.11. The highest BCUT2D eigenvalue weighted by Crippen LogP contribution is 2.23. The Morgan fingerprint density at radius 1 is 0.926 bits per heavy atom. The maximum absolute atomic E-state index is 12.9. The van der Waals surface area contributed by atoms with Crippen molar-refractivity contribution in [3.63, 3.8) is 0 Å². The molecule has 138 valence electrons. The predicted octanol–water partition coefficient (Wildman–Crippen LogP) is 3.11. The summed E-state index contributed by atoms with van der Waals surface area (Å²) in [5, 5.41) is 2.61. The number of amides is 1. The molecule has 0 fully saturated rings. The molecule has 0 spiro atoms. The van der Waals surface area contributed by atoms with Crippen molar-refractivity contribution in [2.45, 2.75) is 17.9 Å². The van der Waals surface area contributed by atoms with Gasteiger partial charge in [-0.15, -0.1) is 0 Å². The number of nitrogens with zero attached hydrogens (tertiary/aromatic N) is 1. The largest absolute Gasteiger partial charge is 0.326 e. The van der Waals surface area contributed by atoms with Crippen LogP contribution >= 0.6 is 0 Å². The molecule has 27 heavy (non-hydrogen) atoms. The molecule has 0 aliphatic rings. The second-order valence-corrected chi connectivity index (χ2v) is 7.64. The summed E-state index contributed by atoms with van der Waals surface area (Å²) in [6, 6.07) is 20.0. The summed E-state index contributed by atoms with van der Waals surface area (Å²) in [5.41, 5.74) is 1.92. The lowest BCUT2D eigenvalue weighted by Crippen LogP contribution is -2.30. The Hall–Kier alpha value is -3.03. The van der Waals surface area contributed by atoms with Gasteiger partial charge in [0.05, 0.1) is 16.6 Å². The molecule has 2 aromatic carbocycles. The molecule has 0 bridgehead atoms. The van der Waals surface area contributed by atoms with Gasteiger partial charge >= 0.3 is 0 Å². The fraction of sp³-hybridized carbons (Fsp3) is 0.100. The van der Waals surface area contributed by atoms with Crippen molar-refractivity contribution in [3.8, 4) is 0 Å². The summed E-state index contributed by atoms with van der Waals surface area (Å²) < 4.78 is 28.5. The number of anilines is 1. The van der Waals surface area contributed by atoms with Crippen molar-refractivity contribution in [2.24, 2.45) is 0 Å². The lowest BCUT2D eigenvalue weighted by Gasteiger charge is -2.19. The smallest absolute Gasteiger partial charge is 0.241 e. The third kappa shape index (κ3) is 4.78. The summed E-state index contributed by atoms with van der Waals surface area (Å²) in [4.78, 5) is 15.5. The highest BCUT2D eigenvalue weighted by molar-refractivity contribution is 7.89. The molecule has 0 aliphatic heterocycles. The Labute approximate surface area is 158 Å². The zero-order valence-electron chi connectivity index (χ0n) is 14.7. The number of carbonyl (C=O) groups excluding carboxylic acids is 1. The number of pyridine rings is 1. The van der Waals surface area contributed by atoms with Gasteiger partial charge < -0.3 is 5.32 Å². The van der Waals surface area contributed by atoms with Crippen LogP contribution in [0.25, 0.3) is 0 Å². The number of hydrogen-bond acceptors (Lipinski definition) is 4. The van der Waals surface area contributed by atoms with E-state index in [1.807, 2.05) is 36.4 Å². The first-order chi connectivity index (χ1) is 13.0. The van der Waals surface area contributed by atoms with E-state index in [1.54, 1.807) is 30.5 Å². The fourth-order valence-electron chi connectivity index (χ4n) is 2.64. The van der Waals surface area contributed by atoms with E-state index in [9.17, 15) is 13.2 Å². The average Bonchev–Trinajstić information content (AvgIpc) is 2.67. The summed E-state index contributed by atoms with van der Waals surface area (Å²) in [6.45, 7) is 1.39. The van der Waals surface area contributed by atoms with Gasteiger partial charge in [-0.25, -0.2) is 8.42 Å². The molecule has 3 rings (SSSR count). The molecule has 1 atom stereocenters. The van der Waals surface area contributed by atoms with Crippen LogP contribution in [0.3, 0.4) is 0 Å². The molecular weight excluding hydrogens is 362 g/mol. The molecular formula is C20H19N3O3S. The molecule has 6 nitrogen and oxygen atoms in total. The number of carbonyl (C=O) groups is 1. The van der Waals surface area contributed by atoms with E-state index in [2.05, 4.69) is 15.0 Å². The van der Waals surface area contributed by atoms with E-state index >= 15 is 0 Å². The quantitative estimate of drug-likeness (QED) is 0.687. The van der Waals surface area contributed by atoms with Crippen LogP contribution in [0.5, 0.6) is 0 Å². The number of rotatable bonds is 6. The summed E-state index contributed by atoms with van der Waals surface area (Å²) in [5.74, 6) is -0.219. The van der Waals surface area contributed by atoms with Gasteiger partial charge in [-0.1, -0.05) is 36.4 Å². The van der Waals surface area contributed by atoms with Gasteiger partial charge in [-0.05, 0) is 42.0 Å². The number of nitrogens with one attached hydrogen (secondary N) is 2. The molecule has 1 amide bonds. The van der Waals surface area contributed by atoms with Crippen LogP contribution in [-0.2, 0) is 14.8 Å². The third-order valence-electron chi connectivity index (χ3n) is 3.87. The van der Waals surface area contributed by atoms with Gasteiger partial charge in [0.1, 0.15) is 0 Å². The second-order valence-electron chi connectivity index (χ2n) is 5.93. The standard InChI is InChI=1S/C20H19N3O3S/c1-15(24)22-17-10-12-18(13-11-17)27(25,26)23-20(16-7-3-2-4-8-16)19-9-5-6-14-21-19/h2-14,20,23H,1H3,(H,22,24)/t20-/m1/s1. The molecule has 1 heterocycles. The monoisotopic (exact) mass is 381 g/mol. The van der Waals surface area contributed by atoms with E-state index in [4.69, 9.17) is 0 Å². The van der Waals surface area contributed by atoms with E-state index in [0.717, 1.165) is 5.56 Å². The molecule has 7 heteroatoms. The van der Waals surface area contributed by atoms with Gasteiger partial charge in [-0.2, -0.15) is 4.72 Å². The molecule has 0 aliphatic carbocycles. The lowest BCUT2D eigenvalue weighted by atomic mass is 10.0. The maximum atomic E-state index is 12.9. The zero-order valence-corrected chi connectivity index (χ0v) is 15.5. The van der Waals surface area contributed by atoms with Gasteiger partial charge in [0.2, 0.25) is 15.9 Å². The molecule has 3 aromatic rings. The molecule has 2 N–H and O–H groups in total. The molecule has 0 saturated heterocycles. The van der Waals surface area contributed by atoms with Crippen LogP contribution in [0.1, 0.15) is 24.2 Å². The van der Waals surface area contributed by atoms with Crippen LogP contribution in [0.15, 0.2) is 83.9 Å². The molecule has 0 saturated carbocycles. The SMILES string of the molecule is CC(=O)Nc1ccc(S(=O)(=O)N[C@H](c2ccccc2)c2ccccn2)cc1.